The van der Waals surface area contributed by atoms with Crippen LogP contribution in [0.1, 0.15) is 11.1 Å². The number of nitrogens with zero attached hydrogens (tertiary/aromatic N) is 1. The molecule has 0 fully saturated rings. The summed E-state index contributed by atoms with van der Waals surface area (Å²) in [6.07, 6.45) is 4.98. The molecule has 0 N–H and O–H groups in total. The van der Waals surface area contributed by atoms with Gasteiger partial charge in [-0.05, 0) is 18.6 Å². The van der Waals surface area contributed by atoms with E-state index in [9.17, 15) is 10.1 Å². The summed E-state index contributed by atoms with van der Waals surface area (Å²) < 4.78 is 0. The van der Waals surface area contributed by atoms with E-state index in [2.05, 4.69) is 6.58 Å². The van der Waals surface area contributed by atoms with Crippen LogP contribution in [-0.2, 0) is 0 Å². The average molecular weight is 189 g/mol. The van der Waals surface area contributed by atoms with E-state index in [1.165, 1.54) is 6.07 Å². The summed E-state index contributed by atoms with van der Waals surface area (Å²) in [4.78, 5) is 10.3. The Hall–Kier alpha value is -1.90. The highest BCUT2D eigenvalue weighted by molar-refractivity contribution is 5.64. The molecule has 0 radical (unpaired) electrons. The third-order valence-corrected chi connectivity index (χ3v) is 1.90. The molecule has 72 valence electrons. The summed E-state index contributed by atoms with van der Waals surface area (Å²) >= 11 is 0. The third kappa shape index (κ3) is 2.07. The number of rotatable bonds is 3. The van der Waals surface area contributed by atoms with Gasteiger partial charge in [-0.15, -0.1) is 0 Å². The summed E-state index contributed by atoms with van der Waals surface area (Å²) in [6.45, 7) is 5.37. The zero-order chi connectivity index (χ0) is 10.6. The van der Waals surface area contributed by atoms with E-state index < -0.39 is 0 Å². The second-order valence-corrected chi connectivity index (χ2v) is 2.86. The lowest BCUT2D eigenvalue weighted by atomic mass is 10.1. The molecule has 0 aliphatic rings. The molecule has 0 spiro atoms. The Morgan fingerprint density at radius 1 is 1.50 bits per heavy atom. The second-order valence-electron chi connectivity index (χ2n) is 2.86. The van der Waals surface area contributed by atoms with Crippen molar-refractivity contribution in [2.45, 2.75) is 6.92 Å². The number of nitro groups is 1. The van der Waals surface area contributed by atoms with Gasteiger partial charge in [0.2, 0.25) is 0 Å². The molecule has 3 nitrogen and oxygen atoms in total. The lowest BCUT2D eigenvalue weighted by Crippen LogP contribution is -1.93. The van der Waals surface area contributed by atoms with Crippen molar-refractivity contribution in [3.8, 4) is 0 Å². The fourth-order valence-corrected chi connectivity index (χ4v) is 1.21. The highest BCUT2D eigenvalue weighted by Crippen LogP contribution is 2.22. The SMILES string of the molecule is C=C/C=C\c1c(C)cccc1[N+](=O)[O-]. The van der Waals surface area contributed by atoms with E-state index in [1.807, 2.05) is 13.0 Å². The first-order valence-corrected chi connectivity index (χ1v) is 4.20. The topological polar surface area (TPSA) is 43.1 Å². The number of aryl methyl sites for hydroxylation is 1. The van der Waals surface area contributed by atoms with E-state index in [-0.39, 0.29) is 10.6 Å². The van der Waals surface area contributed by atoms with Crippen molar-refractivity contribution < 1.29 is 4.92 Å². The van der Waals surface area contributed by atoms with Crippen LogP contribution in [0, 0.1) is 17.0 Å². The maximum Gasteiger partial charge on any atom is 0.276 e. The molecule has 0 aromatic heterocycles. The number of allylic oxidation sites excluding steroid dienone is 2. The lowest BCUT2D eigenvalue weighted by molar-refractivity contribution is -0.385. The van der Waals surface area contributed by atoms with Crippen LogP contribution >= 0.6 is 0 Å². The molecule has 1 rings (SSSR count). The first-order chi connectivity index (χ1) is 6.66. The van der Waals surface area contributed by atoms with Crippen molar-refractivity contribution in [1.82, 2.24) is 0 Å². The van der Waals surface area contributed by atoms with Crippen LogP contribution in [0.15, 0.2) is 36.9 Å². The largest absolute Gasteiger partial charge is 0.276 e. The maximum absolute atomic E-state index is 10.7. The van der Waals surface area contributed by atoms with E-state index >= 15 is 0 Å². The van der Waals surface area contributed by atoms with E-state index in [4.69, 9.17) is 0 Å². The Labute approximate surface area is 82.5 Å². The molecule has 0 unspecified atom stereocenters. The number of hydrogen-bond donors (Lipinski definition) is 0. The molecule has 0 heterocycles. The molecule has 0 bridgehead atoms. The standard InChI is InChI=1S/C11H11NO2/c1-3-4-7-10-9(2)6-5-8-11(10)12(13)14/h3-8H,1H2,2H3/b7-4-. The third-order valence-electron chi connectivity index (χ3n) is 1.90. The molecule has 3 heteroatoms. The van der Waals surface area contributed by atoms with Crippen LogP contribution in [0.2, 0.25) is 0 Å². The minimum absolute atomic E-state index is 0.128. The van der Waals surface area contributed by atoms with Crippen LogP contribution in [0.5, 0.6) is 0 Å². The van der Waals surface area contributed by atoms with Gasteiger partial charge >= 0.3 is 0 Å². The van der Waals surface area contributed by atoms with Crippen molar-refractivity contribution in [3.05, 3.63) is 58.2 Å². The monoisotopic (exact) mass is 189 g/mol. The maximum atomic E-state index is 10.7. The second kappa shape index (κ2) is 4.37. The van der Waals surface area contributed by atoms with Gasteiger partial charge in [0.25, 0.3) is 5.69 Å². The highest BCUT2D eigenvalue weighted by atomic mass is 16.6. The summed E-state index contributed by atoms with van der Waals surface area (Å²) in [7, 11) is 0. The Morgan fingerprint density at radius 2 is 2.21 bits per heavy atom. The van der Waals surface area contributed by atoms with Crippen LogP contribution in [0.3, 0.4) is 0 Å². The summed E-state index contributed by atoms with van der Waals surface area (Å²) in [5.74, 6) is 0. The Balaban J connectivity index is 3.28. The molecule has 14 heavy (non-hydrogen) atoms. The Kier molecular flexibility index (Phi) is 3.18. The van der Waals surface area contributed by atoms with Crippen LogP contribution in [-0.4, -0.2) is 4.92 Å². The van der Waals surface area contributed by atoms with E-state index in [0.717, 1.165) is 5.56 Å². The lowest BCUT2D eigenvalue weighted by Gasteiger charge is -2.00. The van der Waals surface area contributed by atoms with Gasteiger partial charge in [0, 0.05) is 6.07 Å². The van der Waals surface area contributed by atoms with Crippen molar-refractivity contribution in [2.75, 3.05) is 0 Å². The number of hydrogen-bond acceptors (Lipinski definition) is 2. The van der Waals surface area contributed by atoms with Crippen molar-refractivity contribution >= 4 is 11.8 Å². The number of nitro benzene ring substituents is 1. The number of benzene rings is 1. The van der Waals surface area contributed by atoms with Crippen molar-refractivity contribution in [1.29, 1.82) is 0 Å². The molecule has 0 saturated carbocycles. The van der Waals surface area contributed by atoms with Gasteiger partial charge in [-0.2, -0.15) is 0 Å². The van der Waals surface area contributed by atoms with Crippen molar-refractivity contribution in [2.24, 2.45) is 0 Å². The van der Waals surface area contributed by atoms with E-state index in [0.29, 0.717) is 5.56 Å². The Morgan fingerprint density at radius 3 is 2.79 bits per heavy atom. The van der Waals surface area contributed by atoms with Crippen LogP contribution in [0.4, 0.5) is 5.69 Å². The minimum Gasteiger partial charge on any atom is -0.258 e. The van der Waals surface area contributed by atoms with Gasteiger partial charge in [0.1, 0.15) is 0 Å². The minimum atomic E-state index is -0.379. The highest BCUT2D eigenvalue weighted by Gasteiger charge is 2.11. The molecular formula is C11H11NO2. The first kappa shape index (κ1) is 10.2. The predicted molar refractivity (Wildman–Crippen MR) is 57.1 cm³/mol. The van der Waals surface area contributed by atoms with Gasteiger partial charge in [-0.3, -0.25) is 10.1 Å². The van der Waals surface area contributed by atoms with Gasteiger partial charge in [0.15, 0.2) is 0 Å². The normalized spacial score (nSPS) is 10.4. The molecule has 0 amide bonds. The van der Waals surface area contributed by atoms with Gasteiger partial charge in [-0.1, -0.05) is 30.9 Å². The summed E-state index contributed by atoms with van der Waals surface area (Å²) in [5.41, 5.74) is 1.65. The molecule has 0 aliphatic carbocycles. The summed E-state index contributed by atoms with van der Waals surface area (Å²) in [5, 5.41) is 10.7. The average Bonchev–Trinajstić information content (AvgIpc) is 2.15. The molecule has 1 aromatic rings. The first-order valence-electron chi connectivity index (χ1n) is 4.20. The quantitative estimate of drug-likeness (QED) is 0.416. The van der Waals surface area contributed by atoms with Crippen LogP contribution in [0.25, 0.3) is 6.08 Å². The molecule has 0 saturated heterocycles. The zero-order valence-electron chi connectivity index (χ0n) is 7.93. The Bertz CT molecular complexity index is 394. The molecular weight excluding hydrogens is 178 g/mol. The fourth-order valence-electron chi connectivity index (χ4n) is 1.21. The summed E-state index contributed by atoms with van der Waals surface area (Å²) in [6, 6.07) is 5.02. The van der Waals surface area contributed by atoms with Crippen LogP contribution < -0.4 is 0 Å². The molecule has 1 aromatic carbocycles. The smallest absolute Gasteiger partial charge is 0.258 e. The molecule has 0 aliphatic heterocycles. The molecule has 0 atom stereocenters. The van der Waals surface area contributed by atoms with Crippen molar-refractivity contribution in [3.63, 3.8) is 0 Å². The van der Waals surface area contributed by atoms with Gasteiger partial charge < -0.3 is 0 Å². The predicted octanol–water partition coefficient (Wildman–Crippen LogP) is 3.10. The van der Waals surface area contributed by atoms with E-state index in [1.54, 1.807) is 24.3 Å². The van der Waals surface area contributed by atoms with Gasteiger partial charge in [0.05, 0.1) is 10.5 Å². The zero-order valence-corrected chi connectivity index (χ0v) is 7.93. The fraction of sp³-hybridized carbons (Fsp3) is 0.0909. The van der Waals surface area contributed by atoms with Gasteiger partial charge in [-0.25, -0.2) is 0 Å².